The molecule has 0 aliphatic carbocycles. The number of H-pyrrole nitrogens is 1. The van der Waals surface area contributed by atoms with Gasteiger partial charge in [0.1, 0.15) is 11.3 Å². The molecule has 0 radical (unpaired) electrons. The molecular weight excluding hydrogens is 356 g/mol. The van der Waals surface area contributed by atoms with E-state index < -0.39 is 11.5 Å². The Bertz CT molecular complexity index is 976. The van der Waals surface area contributed by atoms with Crippen molar-refractivity contribution < 1.29 is 9.32 Å². The van der Waals surface area contributed by atoms with Crippen LogP contribution >= 0.6 is 11.3 Å². The minimum Gasteiger partial charge on any atom is -0.337 e. The summed E-state index contributed by atoms with van der Waals surface area (Å²) in [6.07, 6.45) is 2.87. The summed E-state index contributed by atoms with van der Waals surface area (Å²) in [5.41, 5.74) is -0.00234. The Hall–Kier alpha value is -2.88. The van der Waals surface area contributed by atoms with Crippen LogP contribution in [0.2, 0.25) is 0 Å². The number of aryl methyl sites for hydroxylation is 2. The number of nitrogens with one attached hydrogen (secondary N) is 1. The molecule has 0 spiro atoms. The molecule has 9 nitrogen and oxygen atoms in total. The molecule has 0 atom stereocenters. The van der Waals surface area contributed by atoms with Crippen LogP contribution in [0.4, 0.5) is 0 Å². The van der Waals surface area contributed by atoms with Gasteiger partial charge in [-0.25, -0.2) is 9.97 Å². The Morgan fingerprint density at radius 2 is 2.19 bits per heavy atom. The van der Waals surface area contributed by atoms with Crippen LogP contribution in [0.25, 0.3) is 11.5 Å². The number of rotatable bonds is 6. The molecule has 136 valence electrons. The number of thiazole rings is 1. The number of hydrogen-bond donors (Lipinski definition) is 1. The average molecular weight is 374 g/mol. The highest BCUT2D eigenvalue weighted by atomic mass is 32.1. The monoisotopic (exact) mass is 374 g/mol. The van der Waals surface area contributed by atoms with Crippen molar-refractivity contribution in [3.63, 3.8) is 0 Å². The van der Waals surface area contributed by atoms with Crippen molar-refractivity contribution in [2.75, 3.05) is 7.05 Å². The van der Waals surface area contributed by atoms with Gasteiger partial charge in [0.15, 0.2) is 11.6 Å². The Labute approximate surface area is 153 Å². The Balaban J connectivity index is 1.75. The molecule has 0 saturated carbocycles. The first-order valence-electron chi connectivity index (χ1n) is 8.06. The third kappa shape index (κ3) is 3.85. The molecule has 3 aromatic rings. The van der Waals surface area contributed by atoms with Crippen molar-refractivity contribution >= 4 is 17.2 Å². The summed E-state index contributed by atoms with van der Waals surface area (Å²) in [5.74, 6) is 0.781. The van der Waals surface area contributed by atoms with Crippen LogP contribution < -0.4 is 5.56 Å². The van der Waals surface area contributed by atoms with Crippen LogP contribution in [0.5, 0.6) is 0 Å². The lowest BCUT2D eigenvalue weighted by Crippen LogP contribution is -2.31. The number of carbonyl (C=O) groups excluding carboxylic acids is 1. The van der Waals surface area contributed by atoms with E-state index in [9.17, 15) is 9.59 Å². The van der Waals surface area contributed by atoms with Crippen molar-refractivity contribution in [2.24, 2.45) is 0 Å². The van der Waals surface area contributed by atoms with Gasteiger partial charge in [0.25, 0.3) is 11.5 Å². The summed E-state index contributed by atoms with van der Waals surface area (Å²) in [5, 5.41) is 6.51. The molecule has 1 N–H and O–H groups in total. The number of carbonyl (C=O) groups is 1. The molecule has 0 aliphatic heterocycles. The van der Waals surface area contributed by atoms with E-state index in [4.69, 9.17) is 4.52 Å². The van der Waals surface area contributed by atoms with Gasteiger partial charge in [0.05, 0.1) is 11.6 Å². The molecule has 10 heteroatoms. The van der Waals surface area contributed by atoms with E-state index in [0.29, 0.717) is 29.7 Å². The first-order valence-corrected chi connectivity index (χ1v) is 8.94. The summed E-state index contributed by atoms with van der Waals surface area (Å²) in [4.78, 5) is 41.4. The van der Waals surface area contributed by atoms with Crippen LogP contribution in [0.15, 0.2) is 20.9 Å². The first-order chi connectivity index (χ1) is 12.5. The smallest absolute Gasteiger partial charge is 0.264 e. The molecule has 0 unspecified atom stereocenters. The van der Waals surface area contributed by atoms with E-state index >= 15 is 0 Å². The maximum absolute atomic E-state index is 12.5. The third-order valence-electron chi connectivity index (χ3n) is 3.59. The third-order valence-corrected chi connectivity index (χ3v) is 4.37. The summed E-state index contributed by atoms with van der Waals surface area (Å²) in [7, 11) is 1.56. The fourth-order valence-corrected chi connectivity index (χ4v) is 2.91. The van der Waals surface area contributed by atoms with Gasteiger partial charge in [-0.15, -0.1) is 11.3 Å². The van der Waals surface area contributed by atoms with Crippen LogP contribution in [-0.4, -0.2) is 42.9 Å². The zero-order valence-electron chi connectivity index (χ0n) is 14.6. The second-order valence-corrected chi connectivity index (χ2v) is 6.80. The zero-order chi connectivity index (χ0) is 18.7. The molecule has 0 aromatic carbocycles. The van der Waals surface area contributed by atoms with Gasteiger partial charge in [-0.1, -0.05) is 12.1 Å². The quantitative estimate of drug-likeness (QED) is 0.699. The van der Waals surface area contributed by atoms with E-state index in [1.54, 1.807) is 12.4 Å². The van der Waals surface area contributed by atoms with Crippen molar-refractivity contribution in [1.82, 2.24) is 30.0 Å². The van der Waals surface area contributed by atoms with E-state index in [0.717, 1.165) is 11.4 Å². The highest BCUT2D eigenvalue weighted by Crippen LogP contribution is 2.16. The lowest BCUT2D eigenvalue weighted by atomic mass is 10.3. The van der Waals surface area contributed by atoms with Gasteiger partial charge >= 0.3 is 0 Å². The Kier molecular flexibility index (Phi) is 5.21. The van der Waals surface area contributed by atoms with E-state index in [1.807, 2.05) is 13.8 Å². The second-order valence-electron chi connectivity index (χ2n) is 5.74. The summed E-state index contributed by atoms with van der Waals surface area (Å²) in [6.45, 7) is 3.99. The van der Waals surface area contributed by atoms with Crippen molar-refractivity contribution in [3.8, 4) is 11.5 Å². The molecule has 3 heterocycles. The van der Waals surface area contributed by atoms with Crippen LogP contribution in [-0.2, 0) is 13.0 Å². The first kappa shape index (κ1) is 17.9. The summed E-state index contributed by atoms with van der Waals surface area (Å²) < 4.78 is 5.12. The predicted molar refractivity (Wildman–Crippen MR) is 94.8 cm³/mol. The van der Waals surface area contributed by atoms with Crippen LogP contribution in [0.1, 0.15) is 40.4 Å². The van der Waals surface area contributed by atoms with E-state index in [1.165, 1.54) is 22.4 Å². The molecule has 1 amide bonds. The van der Waals surface area contributed by atoms with Gasteiger partial charge in [-0.05, 0) is 13.3 Å². The molecule has 3 rings (SSSR count). The standard InChI is InChI=1S/C16H18N6O3S/c1-4-5-12-19-13(25-21-12)7-22(3)16(24)10-6-17-14(20-15(10)23)11-8-26-9(2)18-11/h6,8H,4-5,7H2,1-3H3,(H,17,20,23). The molecule has 0 saturated heterocycles. The average Bonchev–Trinajstić information content (AvgIpc) is 3.23. The lowest BCUT2D eigenvalue weighted by molar-refractivity contribution is 0.0767. The Morgan fingerprint density at radius 3 is 2.85 bits per heavy atom. The normalized spacial score (nSPS) is 10.9. The van der Waals surface area contributed by atoms with Crippen LogP contribution in [0.3, 0.4) is 0 Å². The largest absolute Gasteiger partial charge is 0.337 e. The predicted octanol–water partition coefficient (Wildman–Crippen LogP) is 1.81. The molecule has 26 heavy (non-hydrogen) atoms. The maximum Gasteiger partial charge on any atom is 0.264 e. The number of aromatic nitrogens is 5. The second kappa shape index (κ2) is 7.56. The zero-order valence-corrected chi connectivity index (χ0v) is 15.5. The van der Waals surface area contributed by atoms with Crippen molar-refractivity contribution in [1.29, 1.82) is 0 Å². The minimum atomic E-state index is -0.519. The van der Waals surface area contributed by atoms with E-state index in [2.05, 4.69) is 25.1 Å². The number of hydrogen-bond acceptors (Lipinski definition) is 8. The number of aromatic amines is 1. The fourth-order valence-electron chi connectivity index (χ4n) is 2.31. The number of nitrogens with zero attached hydrogens (tertiary/aromatic N) is 5. The maximum atomic E-state index is 12.5. The van der Waals surface area contributed by atoms with Gasteiger partial charge in [-0.2, -0.15) is 4.98 Å². The van der Waals surface area contributed by atoms with Gasteiger partial charge in [0, 0.05) is 25.0 Å². The van der Waals surface area contributed by atoms with Crippen molar-refractivity contribution in [2.45, 2.75) is 33.2 Å². The summed E-state index contributed by atoms with van der Waals surface area (Å²) in [6, 6.07) is 0. The van der Waals surface area contributed by atoms with Crippen molar-refractivity contribution in [3.05, 3.63) is 44.2 Å². The van der Waals surface area contributed by atoms with Crippen LogP contribution in [0, 0.1) is 6.92 Å². The lowest BCUT2D eigenvalue weighted by Gasteiger charge is -2.14. The summed E-state index contributed by atoms with van der Waals surface area (Å²) >= 11 is 1.46. The van der Waals surface area contributed by atoms with Gasteiger partial charge in [0.2, 0.25) is 5.89 Å². The molecular formula is C16H18N6O3S. The molecule has 0 bridgehead atoms. The highest BCUT2D eigenvalue weighted by Gasteiger charge is 2.19. The molecule has 0 fully saturated rings. The van der Waals surface area contributed by atoms with Gasteiger partial charge < -0.3 is 14.4 Å². The number of amides is 1. The minimum absolute atomic E-state index is 0.0588. The molecule has 3 aromatic heterocycles. The molecule has 0 aliphatic rings. The Morgan fingerprint density at radius 1 is 1.38 bits per heavy atom. The fraction of sp³-hybridized carbons (Fsp3) is 0.375. The highest BCUT2D eigenvalue weighted by molar-refractivity contribution is 7.09. The SMILES string of the molecule is CCCc1noc(CN(C)C(=O)c2cnc(-c3csc(C)n3)[nH]c2=O)n1. The topological polar surface area (TPSA) is 118 Å². The van der Waals surface area contributed by atoms with Gasteiger partial charge in [-0.3, -0.25) is 9.59 Å². The van der Waals surface area contributed by atoms with E-state index in [-0.39, 0.29) is 12.1 Å².